The van der Waals surface area contributed by atoms with Gasteiger partial charge in [0.2, 0.25) is 5.78 Å². The third-order valence-electron chi connectivity index (χ3n) is 4.23. The summed E-state index contributed by atoms with van der Waals surface area (Å²) in [7, 11) is -0.835. The Hall–Kier alpha value is -2.89. The molecule has 0 bridgehead atoms. The second-order valence-corrected chi connectivity index (χ2v) is 10.7. The van der Waals surface area contributed by atoms with Crippen LogP contribution < -0.4 is 14.2 Å². The average molecular weight is 540 g/mol. The highest BCUT2D eigenvalue weighted by Crippen LogP contribution is 2.28. The number of anilines is 1. The molecule has 32 heavy (non-hydrogen) atoms. The molecule has 8 nitrogen and oxygen atoms in total. The molecule has 168 valence electrons. The zero-order valence-electron chi connectivity index (χ0n) is 17.0. The van der Waals surface area contributed by atoms with E-state index in [4.69, 9.17) is 14.2 Å². The number of Topliss-reactive ketones (excluding diaryl/α,β-unsaturated/α-hetero) is 1. The van der Waals surface area contributed by atoms with Crippen molar-refractivity contribution >= 4 is 54.7 Å². The van der Waals surface area contributed by atoms with E-state index in [1.807, 2.05) is 0 Å². The lowest BCUT2D eigenvalue weighted by molar-refractivity contribution is 0.0474. The molecule has 0 saturated carbocycles. The number of nitrogens with one attached hydrogen (secondary N) is 1. The van der Waals surface area contributed by atoms with Crippen LogP contribution in [0.4, 0.5) is 5.69 Å². The first-order valence-corrected chi connectivity index (χ1v) is 12.1. The number of carbonyl (C=O) groups excluding carboxylic acids is 2. The Morgan fingerprint density at radius 1 is 1.00 bits per heavy atom. The maximum absolute atomic E-state index is 12.5. The Morgan fingerprint density at radius 3 is 2.31 bits per heavy atom. The molecule has 3 rings (SSSR count). The molecule has 0 radical (unpaired) electrons. The summed E-state index contributed by atoms with van der Waals surface area (Å²) in [5.74, 6) is -0.382. The minimum atomic E-state index is -3.73. The largest absolute Gasteiger partial charge is 0.497 e. The van der Waals surface area contributed by atoms with Crippen LogP contribution >= 0.6 is 27.3 Å². The number of esters is 1. The molecule has 0 amide bonds. The van der Waals surface area contributed by atoms with Crippen LogP contribution in [0.2, 0.25) is 0 Å². The maximum atomic E-state index is 12.5. The molecule has 1 N–H and O–H groups in total. The summed E-state index contributed by atoms with van der Waals surface area (Å²) in [6.07, 6.45) is 0. The van der Waals surface area contributed by atoms with Crippen molar-refractivity contribution in [3.8, 4) is 11.5 Å². The highest BCUT2D eigenvalue weighted by molar-refractivity contribution is 9.11. The molecule has 0 spiro atoms. The fourth-order valence-corrected chi connectivity index (χ4v) is 5.71. The predicted molar refractivity (Wildman–Crippen MR) is 123 cm³/mol. The summed E-state index contributed by atoms with van der Waals surface area (Å²) in [6.45, 7) is -0.496. The van der Waals surface area contributed by atoms with Gasteiger partial charge in [-0.1, -0.05) is 0 Å². The first-order valence-electron chi connectivity index (χ1n) is 9.04. The summed E-state index contributed by atoms with van der Waals surface area (Å²) in [4.78, 5) is 24.8. The molecule has 11 heteroatoms. The average Bonchev–Trinajstić information content (AvgIpc) is 3.24. The number of hydrogen-bond acceptors (Lipinski definition) is 8. The Balaban J connectivity index is 1.63. The highest BCUT2D eigenvalue weighted by Gasteiger charge is 2.19. The van der Waals surface area contributed by atoms with Crippen molar-refractivity contribution < 1.29 is 32.2 Å². The van der Waals surface area contributed by atoms with Crippen LogP contribution in [0.3, 0.4) is 0 Å². The molecule has 0 atom stereocenters. The molecule has 3 aromatic rings. The normalized spacial score (nSPS) is 11.0. The summed E-state index contributed by atoms with van der Waals surface area (Å²) >= 11 is 4.31. The van der Waals surface area contributed by atoms with E-state index >= 15 is 0 Å². The van der Waals surface area contributed by atoms with E-state index in [1.165, 1.54) is 50.6 Å². The van der Waals surface area contributed by atoms with Crippen molar-refractivity contribution in [1.82, 2.24) is 0 Å². The van der Waals surface area contributed by atoms with Gasteiger partial charge in [-0.15, -0.1) is 11.3 Å². The SMILES string of the molecule is COc1ccc(OC)c(C(=O)COC(=O)c2ccc(NS(=O)(=O)c3ccc(Br)s3)cc2)c1. The molecule has 1 heterocycles. The van der Waals surface area contributed by atoms with Gasteiger partial charge in [0.25, 0.3) is 10.0 Å². The van der Waals surface area contributed by atoms with Crippen LogP contribution in [0.5, 0.6) is 11.5 Å². The monoisotopic (exact) mass is 539 g/mol. The first kappa shape index (κ1) is 23.8. The number of halogens is 1. The van der Waals surface area contributed by atoms with Gasteiger partial charge in [0.05, 0.1) is 29.1 Å². The minimum absolute atomic E-state index is 0.152. The van der Waals surface area contributed by atoms with Gasteiger partial charge in [-0.05, 0) is 70.5 Å². The number of benzene rings is 2. The van der Waals surface area contributed by atoms with Crippen LogP contribution in [-0.2, 0) is 14.8 Å². The van der Waals surface area contributed by atoms with E-state index in [2.05, 4.69) is 20.7 Å². The van der Waals surface area contributed by atoms with E-state index in [-0.39, 0.29) is 21.0 Å². The number of hydrogen-bond donors (Lipinski definition) is 1. The number of ether oxygens (including phenoxy) is 3. The summed E-state index contributed by atoms with van der Waals surface area (Å²) in [5.41, 5.74) is 0.671. The maximum Gasteiger partial charge on any atom is 0.338 e. The number of thiophene rings is 1. The van der Waals surface area contributed by atoms with Gasteiger partial charge in [0.15, 0.2) is 6.61 Å². The van der Waals surface area contributed by atoms with Crippen LogP contribution in [0.1, 0.15) is 20.7 Å². The Labute approximate surface area is 197 Å². The number of methoxy groups -OCH3 is 2. The Morgan fingerprint density at radius 2 is 1.72 bits per heavy atom. The quantitative estimate of drug-likeness (QED) is 0.317. The van der Waals surface area contributed by atoms with Gasteiger partial charge in [0, 0.05) is 5.69 Å². The molecular weight excluding hydrogens is 522 g/mol. The number of sulfonamides is 1. The van der Waals surface area contributed by atoms with E-state index in [0.29, 0.717) is 15.3 Å². The van der Waals surface area contributed by atoms with Crippen LogP contribution in [0.15, 0.2) is 62.6 Å². The van der Waals surface area contributed by atoms with Crippen LogP contribution in [0.25, 0.3) is 0 Å². The van der Waals surface area contributed by atoms with Crippen molar-refractivity contribution in [2.24, 2.45) is 0 Å². The van der Waals surface area contributed by atoms with E-state index in [1.54, 1.807) is 18.2 Å². The molecular formula is C21H18BrNO7S2. The van der Waals surface area contributed by atoms with Gasteiger partial charge < -0.3 is 14.2 Å². The smallest absolute Gasteiger partial charge is 0.338 e. The van der Waals surface area contributed by atoms with Crippen molar-refractivity contribution in [1.29, 1.82) is 0 Å². The Bertz CT molecular complexity index is 1240. The summed E-state index contributed by atoms with van der Waals surface area (Å²) in [6, 6.07) is 13.5. The zero-order chi connectivity index (χ0) is 23.3. The lowest BCUT2D eigenvalue weighted by Gasteiger charge is -2.10. The number of rotatable bonds is 9. The lowest BCUT2D eigenvalue weighted by atomic mass is 10.1. The summed E-state index contributed by atoms with van der Waals surface area (Å²) < 4.78 is 43.4. The van der Waals surface area contributed by atoms with Gasteiger partial charge in [0.1, 0.15) is 15.7 Å². The van der Waals surface area contributed by atoms with E-state index in [0.717, 1.165) is 11.3 Å². The van der Waals surface area contributed by atoms with Crippen molar-refractivity contribution in [3.63, 3.8) is 0 Å². The van der Waals surface area contributed by atoms with Gasteiger partial charge >= 0.3 is 5.97 Å². The fraction of sp³-hybridized carbons (Fsp3) is 0.143. The summed E-state index contributed by atoms with van der Waals surface area (Å²) in [5, 5.41) is 0. The number of carbonyl (C=O) groups is 2. The second-order valence-electron chi connectivity index (χ2n) is 6.31. The highest BCUT2D eigenvalue weighted by atomic mass is 79.9. The van der Waals surface area contributed by atoms with Gasteiger partial charge in [-0.3, -0.25) is 9.52 Å². The molecule has 2 aromatic carbocycles. The van der Waals surface area contributed by atoms with E-state index in [9.17, 15) is 18.0 Å². The van der Waals surface area contributed by atoms with Crippen molar-refractivity contribution in [2.75, 3.05) is 25.5 Å². The third-order valence-corrected chi connectivity index (χ3v) is 7.72. The molecule has 1 aromatic heterocycles. The molecule has 0 aliphatic heterocycles. The molecule has 0 saturated heterocycles. The lowest BCUT2D eigenvalue weighted by Crippen LogP contribution is -2.15. The fourth-order valence-electron chi connectivity index (χ4n) is 2.65. The second kappa shape index (κ2) is 10.2. The van der Waals surface area contributed by atoms with E-state index < -0.39 is 28.4 Å². The van der Waals surface area contributed by atoms with Crippen LogP contribution in [-0.4, -0.2) is 41.0 Å². The van der Waals surface area contributed by atoms with Gasteiger partial charge in [-0.2, -0.15) is 0 Å². The molecule has 0 aliphatic rings. The van der Waals surface area contributed by atoms with Gasteiger partial charge in [-0.25, -0.2) is 13.2 Å². The standard InChI is InChI=1S/C21H18BrNO7S2/c1-28-15-7-8-18(29-2)16(11-15)17(24)12-30-21(25)13-3-5-14(6-4-13)23-32(26,27)20-10-9-19(22)31-20/h3-11,23H,12H2,1-2H3. The minimum Gasteiger partial charge on any atom is -0.497 e. The first-order chi connectivity index (χ1) is 15.2. The van der Waals surface area contributed by atoms with Crippen molar-refractivity contribution in [3.05, 3.63) is 69.5 Å². The van der Waals surface area contributed by atoms with Crippen molar-refractivity contribution in [2.45, 2.75) is 4.21 Å². The predicted octanol–water partition coefficient (Wildman–Crippen LogP) is 4.37. The molecule has 0 fully saturated rings. The van der Waals surface area contributed by atoms with Crippen LogP contribution in [0, 0.1) is 0 Å². The Kier molecular flexibility index (Phi) is 7.54. The zero-order valence-corrected chi connectivity index (χ0v) is 20.2. The number of ketones is 1. The topological polar surface area (TPSA) is 108 Å². The molecule has 0 unspecified atom stereocenters. The third kappa shape index (κ3) is 5.67. The molecule has 0 aliphatic carbocycles.